The first-order valence-corrected chi connectivity index (χ1v) is 6.76. The quantitative estimate of drug-likeness (QED) is 0.779. The van der Waals surface area contributed by atoms with Crippen LogP contribution in [0.5, 0.6) is 0 Å². The van der Waals surface area contributed by atoms with Crippen LogP contribution in [-0.2, 0) is 4.79 Å². The van der Waals surface area contributed by atoms with E-state index < -0.39 is 0 Å². The topological polar surface area (TPSA) is 67.5 Å². The van der Waals surface area contributed by atoms with Crippen molar-refractivity contribution < 1.29 is 4.79 Å². The lowest BCUT2D eigenvalue weighted by molar-refractivity contribution is -0.121. The van der Waals surface area contributed by atoms with E-state index in [4.69, 9.17) is 5.73 Å². The van der Waals surface area contributed by atoms with Gasteiger partial charge < -0.3 is 11.1 Å². The van der Waals surface area contributed by atoms with E-state index >= 15 is 0 Å². The van der Waals surface area contributed by atoms with Gasteiger partial charge in [0.05, 0.1) is 4.48 Å². The van der Waals surface area contributed by atoms with Crippen molar-refractivity contribution in [3.63, 3.8) is 0 Å². The fourth-order valence-corrected chi connectivity index (χ4v) is 2.20. The zero-order valence-corrected chi connectivity index (χ0v) is 11.7. The molecule has 0 atom stereocenters. The maximum atomic E-state index is 11.2. The van der Waals surface area contributed by atoms with Crippen LogP contribution in [0.1, 0.15) is 32.1 Å². The number of carbonyl (C=O) groups is 1. The predicted octanol–water partition coefficient (Wildman–Crippen LogP) is 1.95. The van der Waals surface area contributed by atoms with Crippen LogP contribution in [0.2, 0.25) is 0 Å². The summed E-state index contributed by atoms with van der Waals surface area (Å²) < 4.78 is 0.810. The monoisotopic (exact) mass is 301 g/mol. The molecule has 5 heteroatoms. The normalized spacial score (nSPS) is 26.1. The zero-order valence-electron chi connectivity index (χ0n) is 10.2. The van der Waals surface area contributed by atoms with E-state index in [9.17, 15) is 4.79 Å². The number of aliphatic imine (C=N–C) groups is 1. The number of halogens is 1. The first-order chi connectivity index (χ1) is 8.15. The minimum Gasteiger partial charge on any atom is -0.404 e. The number of rotatable bonds is 4. The number of hydrogen-bond donors (Lipinski definition) is 2. The largest absolute Gasteiger partial charge is 0.404 e. The van der Waals surface area contributed by atoms with Gasteiger partial charge in [-0.15, -0.1) is 0 Å². The maximum absolute atomic E-state index is 11.2. The first-order valence-electron chi connectivity index (χ1n) is 5.96. The van der Waals surface area contributed by atoms with Crippen LogP contribution < -0.4 is 11.1 Å². The molecule has 0 unspecified atom stereocenters. The molecule has 0 bridgehead atoms. The minimum atomic E-state index is 0.144. The third kappa shape index (κ3) is 5.35. The molecule has 3 N–H and O–H groups in total. The van der Waals surface area contributed by atoms with Crippen LogP contribution >= 0.6 is 15.9 Å². The molecule has 0 aromatic heterocycles. The summed E-state index contributed by atoms with van der Waals surface area (Å²) >= 11 is 3.29. The van der Waals surface area contributed by atoms with Gasteiger partial charge in [-0.1, -0.05) is 0 Å². The van der Waals surface area contributed by atoms with Gasteiger partial charge in [0.15, 0.2) is 0 Å². The molecule has 0 heterocycles. The molecule has 1 amide bonds. The van der Waals surface area contributed by atoms with E-state index in [1.54, 1.807) is 13.3 Å². The van der Waals surface area contributed by atoms with Crippen molar-refractivity contribution in [1.82, 2.24) is 5.32 Å². The summed E-state index contributed by atoms with van der Waals surface area (Å²) in [6, 6.07) is 0.378. The Morgan fingerprint density at radius 2 is 2.12 bits per heavy atom. The summed E-state index contributed by atoms with van der Waals surface area (Å²) in [5.74, 6) is 0.667. The predicted molar refractivity (Wildman–Crippen MR) is 74.1 cm³/mol. The molecule has 1 fully saturated rings. The summed E-state index contributed by atoms with van der Waals surface area (Å²) in [5, 5.41) is 2.68. The molecule has 0 aromatic carbocycles. The molecule has 96 valence electrons. The lowest BCUT2D eigenvalue weighted by Gasteiger charge is -2.25. The number of carbonyl (C=O) groups excluding carboxylic acids is 1. The summed E-state index contributed by atoms with van der Waals surface area (Å²) in [4.78, 5) is 15.7. The lowest BCUT2D eigenvalue weighted by atomic mass is 9.84. The Kier molecular flexibility index (Phi) is 6.26. The van der Waals surface area contributed by atoms with E-state index in [2.05, 4.69) is 26.2 Å². The Morgan fingerprint density at radius 3 is 2.65 bits per heavy atom. The van der Waals surface area contributed by atoms with E-state index in [1.165, 1.54) is 6.20 Å². The van der Waals surface area contributed by atoms with Crippen LogP contribution in [0.3, 0.4) is 0 Å². The zero-order chi connectivity index (χ0) is 12.7. The van der Waals surface area contributed by atoms with Gasteiger partial charge in [0.2, 0.25) is 5.91 Å². The van der Waals surface area contributed by atoms with Gasteiger partial charge in [0.1, 0.15) is 0 Å². The molecule has 1 saturated carbocycles. The fraction of sp³-hybridized carbons (Fsp3) is 0.667. The second-order valence-corrected chi connectivity index (χ2v) is 5.30. The molecule has 1 rings (SSSR count). The Balaban J connectivity index is 2.31. The van der Waals surface area contributed by atoms with Crippen LogP contribution in [0.15, 0.2) is 15.7 Å². The second kappa shape index (κ2) is 7.48. The number of nitrogens with one attached hydrogen (secondary N) is 1. The molecule has 1 aliphatic carbocycles. The smallest absolute Gasteiger partial charge is 0.220 e. The third-order valence-corrected chi connectivity index (χ3v) is 3.61. The third-order valence-electron chi connectivity index (χ3n) is 3.14. The number of nitrogens with two attached hydrogens (primary N) is 1. The molecule has 0 spiro atoms. The highest BCUT2D eigenvalue weighted by atomic mass is 79.9. The SMILES string of the molecule is CNC(=O)CC1CCC(N=C/C(Br)=C\N)CC1. The van der Waals surface area contributed by atoms with Crippen molar-refractivity contribution in [3.8, 4) is 0 Å². The van der Waals surface area contributed by atoms with Gasteiger partial charge >= 0.3 is 0 Å². The molecule has 0 radical (unpaired) electrons. The molecule has 0 aromatic rings. The minimum absolute atomic E-state index is 0.144. The Bertz CT molecular complexity index is 307. The van der Waals surface area contributed by atoms with Crippen molar-refractivity contribution in [2.75, 3.05) is 7.05 Å². The lowest BCUT2D eigenvalue weighted by Crippen LogP contribution is -2.25. The number of amides is 1. The highest BCUT2D eigenvalue weighted by Gasteiger charge is 2.21. The van der Waals surface area contributed by atoms with Crippen molar-refractivity contribution >= 4 is 28.1 Å². The number of hydrogen-bond acceptors (Lipinski definition) is 3. The molecule has 4 nitrogen and oxygen atoms in total. The van der Waals surface area contributed by atoms with E-state index in [-0.39, 0.29) is 5.91 Å². The molecule has 0 aliphatic heterocycles. The second-order valence-electron chi connectivity index (χ2n) is 4.38. The molecular formula is C12H20BrN3O. The molecule has 17 heavy (non-hydrogen) atoms. The standard InChI is InChI=1S/C12H20BrN3O/c1-15-12(17)6-9-2-4-11(5-3-9)16-8-10(13)7-14/h7-9,11H,2-6,14H2,1H3,(H,15,17)/b10-7+,16-8?. The summed E-state index contributed by atoms with van der Waals surface area (Å²) in [7, 11) is 1.69. The van der Waals surface area contributed by atoms with Gasteiger partial charge in [-0.2, -0.15) is 0 Å². The van der Waals surface area contributed by atoms with Crippen LogP contribution in [0.25, 0.3) is 0 Å². The Labute approximate surface area is 111 Å². The van der Waals surface area contributed by atoms with E-state index in [1.807, 2.05) is 0 Å². The van der Waals surface area contributed by atoms with Crippen molar-refractivity contribution in [2.45, 2.75) is 38.1 Å². The number of allylic oxidation sites excluding steroid dienone is 1. The van der Waals surface area contributed by atoms with E-state index in [0.717, 1.165) is 30.2 Å². The Hall–Kier alpha value is -0.840. The van der Waals surface area contributed by atoms with Crippen molar-refractivity contribution in [2.24, 2.45) is 16.6 Å². The van der Waals surface area contributed by atoms with Gasteiger partial charge in [0.25, 0.3) is 0 Å². The van der Waals surface area contributed by atoms with Crippen LogP contribution in [0.4, 0.5) is 0 Å². The Morgan fingerprint density at radius 1 is 1.47 bits per heavy atom. The summed E-state index contributed by atoms with van der Waals surface area (Å²) in [6.45, 7) is 0. The molecule has 1 aliphatic rings. The van der Waals surface area contributed by atoms with Crippen molar-refractivity contribution in [3.05, 3.63) is 10.7 Å². The molecule has 0 saturated heterocycles. The first kappa shape index (κ1) is 14.2. The summed E-state index contributed by atoms with van der Waals surface area (Å²) in [5.41, 5.74) is 5.34. The van der Waals surface area contributed by atoms with Gasteiger partial charge in [0, 0.05) is 31.9 Å². The average molecular weight is 302 g/mol. The van der Waals surface area contributed by atoms with Gasteiger partial charge in [-0.3, -0.25) is 9.79 Å². The highest BCUT2D eigenvalue weighted by molar-refractivity contribution is 9.12. The van der Waals surface area contributed by atoms with Gasteiger partial charge in [-0.05, 0) is 47.5 Å². The van der Waals surface area contributed by atoms with Crippen molar-refractivity contribution in [1.29, 1.82) is 0 Å². The van der Waals surface area contributed by atoms with E-state index in [0.29, 0.717) is 18.4 Å². The number of nitrogens with zero attached hydrogens (tertiary/aromatic N) is 1. The van der Waals surface area contributed by atoms with Crippen LogP contribution in [0, 0.1) is 5.92 Å². The van der Waals surface area contributed by atoms with Crippen LogP contribution in [-0.4, -0.2) is 25.2 Å². The average Bonchev–Trinajstić information content (AvgIpc) is 2.37. The summed E-state index contributed by atoms with van der Waals surface area (Å²) in [6.07, 6.45) is 8.19. The maximum Gasteiger partial charge on any atom is 0.220 e. The highest BCUT2D eigenvalue weighted by Crippen LogP contribution is 2.28. The fourth-order valence-electron chi connectivity index (χ4n) is 2.08. The van der Waals surface area contributed by atoms with Gasteiger partial charge in [-0.25, -0.2) is 0 Å². The molecular weight excluding hydrogens is 282 g/mol.